The van der Waals surface area contributed by atoms with Crippen LogP contribution in [-0.4, -0.2) is 41.6 Å². The van der Waals surface area contributed by atoms with Gasteiger partial charge in [0.2, 0.25) is 0 Å². The van der Waals surface area contributed by atoms with Gasteiger partial charge in [-0.25, -0.2) is 9.36 Å². The maximum Gasteiger partial charge on any atom is 0.306 e. The minimum absolute atomic E-state index is 0. The summed E-state index contributed by atoms with van der Waals surface area (Å²) in [5.41, 5.74) is 11.9. The molecule has 9 nitrogen and oxygen atoms in total. The van der Waals surface area contributed by atoms with Crippen LogP contribution in [-0.2, 0) is 9.53 Å². The number of hydrogen-bond acceptors (Lipinski definition) is 7. The van der Waals surface area contributed by atoms with Gasteiger partial charge < -0.3 is 10.5 Å². The van der Waals surface area contributed by atoms with E-state index in [2.05, 4.69) is 20.6 Å². The van der Waals surface area contributed by atoms with Crippen molar-refractivity contribution in [2.45, 2.75) is 104 Å². The van der Waals surface area contributed by atoms with Gasteiger partial charge in [0.25, 0.3) is 0 Å². The molecule has 2 heterocycles. The summed E-state index contributed by atoms with van der Waals surface area (Å²) in [5, 5.41) is 16.8. The maximum atomic E-state index is 12.0. The van der Waals surface area contributed by atoms with E-state index in [-0.39, 0.29) is 25.4 Å². The summed E-state index contributed by atoms with van der Waals surface area (Å²) >= 11 is 0. The van der Waals surface area contributed by atoms with Crippen LogP contribution in [0.3, 0.4) is 0 Å². The van der Waals surface area contributed by atoms with Crippen molar-refractivity contribution < 1.29 is 9.53 Å². The monoisotopic (exact) mass is 571 g/mol. The normalized spacial score (nSPS) is 16.0. The van der Waals surface area contributed by atoms with Crippen LogP contribution in [0.4, 0.5) is 0 Å². The van der Waals surface area contributed by atoms with Crippen molar-refractivity contribution in [3.8, 4) is 11.4 Å². The Kier molecular flexibility index (Phi) is 9.61. The number of esters is 1. The first-order valence-corrected chi connectivity index (χ1v) is 14.6. The van der Waals surface area contributed by atoms with E-state index in [0.29, 0.717) is 18.3 Å². The van der Waals surface area contributed by atoms with Crippen LogP contribution < -0.4 is 5.73 Å². The average Bonchev–Trinajstić information content (AvgIpc) is 3.87. The minimum Gasteiger partial charge on any atom is -0.460 e. The molecule has 2 aromatic heterocycles. The van der Waals surface area contributed by atoms with Gasteiger partial charge in [0.15, 0.2) is 0 Å². The molecule has 0 spiro atoms. The second-order valence-corrected chi connectivity index (χ2v) is 12.4. The Morgan fingerprint density at radius 2 is 1.26 bits per heavy atom. The molecule has 2 aromatic carbocycles. The average molecular weight is 572 g/mol. The summed E-state index contributed by atoms with van der Waals surface area (Å²) in [4.78, 5) is 12.0. The Bertz CT molecular complexity index is 1440. The van der Waals surface area contributed by atoms with Gasteiger partial charge in [-0.3, -0.25) is 4.79 Å². The SMILES string of the molecule is C.CC(CC(=O)OC(C)(C)C)c1ccc(-n2cc(C3CC3)nn2)cc1.CC(N)c1ccc(-n2cc(C3CC3)nn2)cc1. The zero-order valence-corrected chi connectivity index (χ0v) is 24.7. The highest BCUT2D eigenvalue weighted by atomic mass is 16.6. The fourth-order valence-corrected chi connectivity index (χ4v) is 4.58. The van der Waals surface area contributed by atoms with Crippen molar-refractivity contribution in [3.63, 3.8) is 0 Å². The quantitative estimate of drug-likeness (QED) is 0.232. The first kappa shape index (κ1) is 31.1. The standard InChI is InChI=1S/C19H25N3O2.C13H16N4.CH4/c1-13(11-18(23)24-19(2,3)4)14-7-9-16(10-8-14)22-12-17(20-21-22)15-5-6-15;1-9(14)10-4-6-12(7-5-10)17-8-13(15-16-17)11-2-3-11;/h7-10,12-13,15H,5-6,11H2,1-4H3;4-9,11H,2-3,14H2,1H3;1H4. The highest BCUT2D eigenvalue weighted by Gasteiger charge is 2.27. The number of ether oxygens (including phenoxy) is 1. The fourth-order valence-electron chi connectivity index (χ4n) is 4.58. The zero-order valence-electron chi connectivity index (χ0n) is 24.7. The fraction of sp³-hybridized carbons (Fsp3) is 0.485. The first-order valence-electron chi connectivity index (χ1n) is 14.6. The molecule has 0 radical (unpaired) electrons. The van der Waals surface area contributed by atoms with Gasteiger partial charge in [-0.1, -0.05) is 49.0 Å². The molecule has 2 atom stereocenters. The van der Waals surface area contributed by atoms with Crippen molar-refractivity contribution in [3.05, 3.63) is 83.4 Å². The van der Waals surface area contributed by atoms with Gasteiger partial charge in [-0.15, -0.1) is 10.2 Å². The van der Waals surface area contributed by atoms with Crippen molar-refractivity contribution in [2.75, 3.05) is 0 Å². The molecule has 2 saturated carbocycles. The first-order chi connectivity index (χ1) is 19.6. The lowest BCUT2D eigenvalue weighted by Gasteiger charge is -2.21. The Hall–Kier alpha value is -3.85. The van der Waals surface area contributed by atoms with Crippen LogP contribution in [0.5, 0.6) is 0 Å². The molecule has 2 aliphatic rings. The van der Waals surface area contributed by atoms with Crippen LogP contribution in [0.25, 0.3) is 11.4 Å². The molecular weight excluding hydrogens is 526 g/mol. The molecule has 2 fully saturated rings. The van der Waals surface area contributed by atoms with E-state index < -0.39 is 5.60 Å². The maximum absolute atomic E-state index is 12.0. The number of hydrogen-bond donors (Lipinski definition) is 1. The molecule has 0 aliphatic heterocycles. The van der Waals surface area contributed by atoms with E-state index in [0.717, 1.165) is 33.9 Å². The Labute approximate surface area is 249 Å². The predicted octanol–water partition coefficient (Wildman–Crippen LogP) is 6.78. The summed E-state index contributed by atoms with van der Waals surface area (Å²) < 4.78 is 9.04. The van der Waals surface area contributed by atoms with Crippen molar-refractivity contribution in [1.82, 2.24) is 30.0 Å². The molecule has 0 bridgehead atoms. The molecule has 0 amide bonds. The van der Waals surface area contributed by atoms with E-state index >= 15 is 0 Å². The molecule has 224 valence electrons. The molecule has 4 aromatic rings. The number of benzene rings is 2. The predicted molar refractivity (Wildman–Crippen MR) is 165 cm³/mol. The number of carbonyl (C=O) groups is 1. The van der Waals surface area contributed by atoms with E-state index in [1.165, 1.54) is 25.7 Å². The second-order valence-electron chi connectivity index (χ2n) is 12.4. The molecule has 9 heteroatoms. The molecular formula is C33H45N7O2. The van der Waals surface area contributed by atoms with Crippen molar-refractivity contribution >= 4 is 5.97 Å². The van der Waals surface area contributed by atoms with Crippen LogP contribution in [0.15, 0.2) is 60.9 Å². The minimum atomic E-state index is -0.437. The smallest absolute Gasteiger partial charge is 0.306 e. The highest BCUT2D eigenvalue weighted by molar-refractivity contribution is 5.71. The highest BCUT2D eigenvalue weighted by Crippen LogP contribution is 2.39. The third kappa shape index (κ3) is 8.35. The van der Waals surface area contributed by atoms with E-state index in [1.54, 1.807) is 0 Å². The van der Waals surface area contributed by atoms with Crippen LogP contribution >= 0.6 is 0 Å². The number of aromatic nitrogens is 6. The summed E-state index contributed by atoms with van der Waals surface area (Å²) in [6.45, 7) is 9.68. The van der Waals surface area contributed by atoms with Gasteiger partial charge in [0.1, 0.15) is 5.60 Å². The number of nitrogens with two attached hydrogens (primary N) is 1. The molecule has 42 heavy (non-hydrogen) atoms. The second kappa shape index (κ2) is 13.0. The molecule has 2 unspecified atom stereocenters. The van der Waals surface area contributed by atoms with Crippen LogP contribution in [0.2, 0.25) is 0 Å². The number of rotatable bonds is 8. The van der Waals surface area contributed by atoms with E-state index in [1.807, 2.05) is 105 Å². The Morgan fingerprint density at radius 1 is 0.833 bits per heavy atom. The third-order valence-electron chi connectivity index (χ3n) is 7.32. The molecule has 2 aliphatic carbocycles. The van der Waals surface area contributed by atoms with Gasteiger partial charge in [0, 0.05) is 17.9 Å². The van der Waals surface area contributed by atoms with Crippen molar-refractivity contribution in [2.24, 2.45) is 5.73 Å². The van der Waals surface area contributed by atoms with Gasteiger partial charge in [0.05, 0.1) is 41.6 Å². The van der Waals surface area contributed by atoms with E-state index in [4.69, 9.17) is 10.5 Å². The van der Waals surface area contributed by atoms with Crippen molar-refractivity contribution in [1.29, 1.82) is 0 Å². The summed E-state index contributed by atoms with van der Waals surface area (Å²) in [6, 6.07) is 16.3. The lowest BCUT2D eigenvalue weighted by atomic mass is 9.97. The molecule has 0 saturated heterocycles. The Morgan fingerprint density at radius 3 is 1.64 bits per heavy atom. The summed E-state index contributed by atoms with van der Waals surface area (Å²) in [7, 11) is 0. The molecule has 2 N–H and O–H groups in total. The summed E-state index contributed by atoms with van der Waals surface area (Å²) in [5.74, 6) is 1.20. The largest absolute Gasteiger partial charge is 0.460 e. The van der Waals surface area contributed by atoms with Crippen LogP contribution in [0, 0.1) is 0 Å². The third-order valence-corrected chi connectivity index (χ3v) is 7.32. The lowest BCUT2D eigenvalue weighted by molar-refractivity contribution is -0.155. The lowest BCUT2D eigenvalue weighted by Crippen LogP contribution is -2.24. The Balaban J connectivity index is 0.000000198. The van der Waals surface area contributed by atoms with Gasteiger partial charge in [-0.2, -0.15) is 0 Å². The van der Waals surface area contributed by atoms with Gasteiger partial charge >= 0.3 is 5.97 Å². The zero-order chi connectivity index (χ0) is 29.1. The van der Waals surface area contributed by atoms with E-state index in [9.17, 15) is 4.79 Å². The number of nitrogens with zero attached hydrogens (tertiary/aromatic N) is 6. The number of carbonyl (C=O) groups excluding carboxylic acids is 1. The molecule has 6 rings (SSSR count). The summed E-state index contributed by atoms with van der Waals surface area (Å²) in [6.07, 6.45) is 9.37. The topological polar surface area (TPSA) is 114 Å². The van der Waals surface area contributed by atoms with Gasteiger partial charge in [-0.05, 0) is 94.7 Å². The van der Waals surface area contributed by atoms with Crippen LogP contribution in [0.1, 0.15) is 120 Å².